The molecule has 3 aromatic rings. The van der Waals surface area contributed by atoms with Crippen LogP contribution < -0.4 is 5.32 Å². The highest BCUT2D eigenvalue weighted by Gasteiger charge is 2.27. The van der Waals surface area contributed by atoms with E-state index in [2.05, 4.69) is 26.3 Å². The van der Waals surface area contributed by atoms with Crippen molar-refractivity contribution in [2.45, 2.75) is 38.8 Å². The highest BCUT2D eigenvalue weighted by Crippen LogP contribution is 2.31. The van der Waals surface area contributed by atoms with E-state index < -0.39 is 0 Å². The van der Waals surface area contributed by atoms with E-state index in [1.165, 1.54) is 12.8 Å². The maximum Gasteiger partial charge on any atom is 0.188 e. The summed E-state index contributed by atoms with van der Waals surface area (Å²) in [6.45, 7) is 3.90. The maximum atomic E-state index is 4.81. The molecule has 0 saturated carbocycles. The van der Waals surface area contributed by atoms with E-state index >= 15 is 0 Å². The van der Waals surface area contributed by atoms with E-state index in [1.807, 2.05) is 36.7 Å². The minimum Gasteiger partial charge on any atom is -0.316 e. The van der Waals surface area contributed by atoms with E-state index in [1.54, 1.807) is 17.5 Å². The van der Waals surface area contributed by atoms with Gasteiger partial charge in [0.25, 0.3) is 0 Å². The predicted molar refractivity (Wildman–Crippen MR) is 103 cm³/mol. The van der Waals surface area contributed by atoms with Gasteiger partial charge in [-0.15, -0.1) is 11.3 Å². The molecule has 1 aliphatic rings. The Hall–Kier alpha value is -2.38. The molecule has 0 aromatic carbocycles. The largest absolute Gasteiger partial charge is 0.316 e. The molecular weight excluding hydrogens is 344 g/mol. The molecule has 134 valence electrons. The SMILES string of the molecule is Cc1cc(Nc2nccs2)nc(C2CCCCN2Cc2ccccn2)n1. The van der Waals surface area contributed by atoms with Gasteiger partial charge in [-0.1, -0.05) is 12.5 Å². The molecule has 1 aliphatic heterocycles. The number of hydrogen-bond acceptors (Lipinski definition) is 7. The number of pyridine rings is 1. The van der Waals surface area contributed by atoms with Gasteiger partial charge in [-0.3, -0.25) is 9.88 Å². The summed E-state index contributed by atoms with van der Waals surface area (Å²) in [5, 5.41) is 6.10. The Morgan fingerprint density at radius 3 is 2.96 bits per heavy atom. The first-order chi connectivity index (χ1) is 12.8. The molecule has 3 aromatic heterocycles. The summed E-state index contributed by atoms with van der Waals surface area (Å²) in [6.07, 6.45) is 7.13. The molecule has 0 bridgehead atoms. The first-order valence-corrected chi connectivity index (χ1v) is 9.82. The van der Waals surface area contributed by atoms with Gasteiger partial charge in [-0.05, 0) is 38.4 Å². The van der Waals surface area contributed by atoms with Gasteiger partial charge in [-0.2, -0.15) is 0 Å². The Morgan fingerprint density at radius 2 is 2.15 bits per heavy atom. The Kier molecular flexibility index (Phi) is 5.17. The first-order valence-electron chi connectivity index (χ1n) is 8.94. The van der Waals surface area contributed by atoms with Crippen LogP contribution in [0.1, 0.15) is 42.5 Å². The number of rotatable bonds is 5. The molecule has 1 N–H and O–H groups in total. The molecule has 6 nitrogen and oxygen atoms in total. The van der Waals surface area contributed by atoms with Crippen molar-refractivity contribution in [1.82, 2.24) is 24.8 Å². The van der Waals surface area contributed by atoms with Crippen molar-refractivity contribution in [3.05, 3.63) is 59.3 Å². The fraction of sp³-hybridized carbons (Fsp3) is 0.368. The normalized spacial score (nSPS) is 18.0. The molecule has 0 aliphatic carbocycles. The van der Waals surface area contributed by atoms with Gasteiger partial charge in [0.2, 0.25) is 0 Å². The van der Waals surface area contributed by atoms with Gasteiger partial charge in [0.05, 0.1) is 11.7 Å². The van der Waals surface area contributed by atoms with Gasteiger partial charge >= 0.3 is 0 Å². The summed E-state index contributed by atoms with van der Waals surface area (Å²) in [5.41, 5.74) is 2.06. The minimum absolute atomic E-state index is 0.225. The molecule has 1 atom stereocenters. The van der Waals surface area contributed by atoms with Crippen molar-refractivity contribution < 1.29 is 0 Å². The Bertz CT molecular complexity index is 837. The fourth-order valence-electron chi connectivity index (χ4n) is 3.37. The second-order valence-electron chi connectivity index (χ2n) is 6.52. The monoisotopic (exact) mass is 366 g/mol. The highest BCUT2D eigenvalue weighted by molar-refractivity contribution is 7.13. The number of piperidine rings is 1. The number of thiazole rings is 1. The molecule has 1 fully saturated rings. The maximum absolute atomic E-state index is 4.81. The zero-order valence-electron chi connectivity index (χ0n) is 14.8. The number of aryl methyl sites for hydroxylation is 1. The van der Waals surface area contributed by atoms with Crippen LogP contribution >= 0.6 is 11.3 Å². The average Bonchev–Trinajstić information content (AvgIpc) is 3.15. The molecular formula is C19H22N6S. The summed E-state index contributed by atoms with van der Waals surface area (Å²) in [5.74, 6) is 1.70. The third-order valence-corrected chi connectivity index (χ3v) is 5.23. The van der Waals surface area contributed by atoms with Crippen LogP contribution in [-0.2, 0) is 6.54 Å². The van der Waals surface area contributed by atoms with E-state index in [0.717, 1.165) is 47.7 Å². The van der Waals surface area contributed by atoms with Crippen LogP contribution in [0.4, 0.5) is 10.9 Å². The lowest BCUT2D eigenvalue weighted by Gasteiger charge is -2.34. The Labute approximate surface area is 157 Å². The number of nitrogens with one attached hydrogen (secondary N) is 1. The lowest BCUT2D eigenvalue weighted by molar-refractivity contribution is 0.132. The molecule has 4 rings (SSSR count). The number of anilines is 2. The van der Waals surface area contributed by atoms with E-state index in [0.29, 0.717) is 0 Å². The number of nitrogens with zero attached hydrogens (tertiary/aromatic N) is 5. The van der Waals surface area contributed by atoms with Crippen molar-refractivity contribution in [2.75, 3.05) is 11.9 Å². The number of hydrogen-bond donors (Lipinski definition) is 1. The van der Waals surface area contributed by atoms with Gasteiger partial charge in [0.1, 0.15) is 11.6 Å². The molecule has 0 spiro atoms. The fourth-order valence-corrected chi connectivity index (χ4v) is 3.91. The lowest BCUT2D eigenvalue weighted by Crippen LogP contribution is -2.34. The topological polar surface area (TPSA) is 66.8 Å². The lowest BCUT2D eigenvalue weighted by atomic mass is 10.0. The molecule has 7 heteroatoms. The molecule has 0 amide bonds. The van der Waals surface area contributed by atoms with Crippen LogP contribution in [0, 0.1) is 6.92 Å². The van der Waals surface area contributed by atoms with Crippen LogP contribution in [0.15, 0.2) is 42.0 Å². The van der Waals surface area contributed by atoms with Gasteiger partial charge in [-0.25, -0.2) is 15.0 Å². The zero-order chi connectivity index (χ0) is 17.8. The first kappa shape index (κ1) is 17.1. The van der Waals surface area contributed by atoms with Gasteiger partial charge in [0, 0.05) is 36.1 Å². The predicted octanol–water partition coefficient (Wildman–Crippen LogP) is 4.11. The highest BCUT2D eigenvalue weighted by atomic mass is 32.1. The quantitative estimate of drug-likeness (QED) is 0.733. The van der Waals surface area contributed by atoms with E-state index in [4.69, 9.17) is 9.97 Å². The summed E-state index contributed by atoms with van der Waals surface area (Å²) < 4.78 is 0. The Balaban J connectivity index is 1.58. The molecule has 1 unspecified atom stereocenters. The third-order valence-electron chi connectivity index (χ3n) is 4.54. The van der Waals surface area contributed by atoms with Crippen molar-refractivity contribution in [3.8, 4) is 0 Å². The van der Waals surface area contributed by atoms with Crippen LogP contribution in [-0.4, -0.2) is 31.4 Å². The standard InChI is InChI=1S/C19H22N6S/c1-14-12-17(24-19-21-9-11-26-19)23-18(22-14)16-7-3-5-10-25(16)13-15-6-2-4-8-20-15/h2,4,6,8-9,11-12,16H,3,5,7,10,13H2,1H3,(H,21,22,23,24). The number of likely N-dealkylation sites (tertiary alicyclic amines) is 1. The molecule has 4 heterocycles. The molecule has 1 saturated heterocycles. The second kappa shape index (κ2) is 7.88. The summed E-state index contributed by atoms with van der Waals surface area (Å²) >= 11 is 1.57. The van der Waals surface area contributed by atoms with Crippen molar-refractivity contribution in [3.63, 3.8) is 0 Å². The van der Waals surface area contributed by atoms with Crippen molar-refractivity contribution in [1.29, 1.82) is 0 Å². The van der Waals surface area contributed by atoms with E-state index in [9.17, 15) is 0 Å². The number of aromatic nitrogens is 4. The zero-order valence-corrected chi connectivity index (χ0v) is 15.6. The Morgan fingerprint density at radius 1 is 1.19 bits per heavy atom. The average molecular weight is 366 g/mol. The van der Waals surface area contributed by atoms with Crippen LogP contribution in [0.25, 0.3) is 0 Å². The van der Waals surface area contributed by atoms with Crippen molar-refractivity contribution >= 4 is 22.3 Å². The van der Waals surface area contributed by atoms with Gasteiger partial charge in [0.15, 0.2) is 5.13 Å². The second-order valence-corrected chi connectivity index (χ2v) is 7.41. The third kappa shape index (κ3) is 4.05. The van der Waals surface area contributed by atoms with Gasteiger partial charge < -0.3 is 5.32 Å². The minimum atomic E-state index is 0.225. The van der Waals surface area contributed by atoms with E-state index in [-0.39, 0.29) is 6.04 Å². The van der Waals surface area contributed by atoms with Crippen LogP contribution in [0.2, 0.25) is 0 Å². The molecule has 0 radical (unpaired) electrons. The van der Waals surface area contributed by atoms with Crippen LogP contribution in [0.3, 0.4) is 0 Å². The summed E-state index contributed by atoms with van der Waals surface area (Å²) in [6, 6.07) is 8.27. The summed E-state index contributed by atoms with van der Waals surface area (Å²) in [7, 11) is 0. The van der Waals surface area contributed by atoms with Crippen molar-refractivity contribution in [2.24, 2.45) is 0 Å². The van der Waals surface area contributed by atoms with Crippen LogP contribution in [0.5, 0.6) is 0 Å². The smallest absolute Gasteiger partial charge is 0.188 e. The summed E-state index contributed by atoms with van der Waals surface area (Å²) in [4.78, 5) is 20.8. The molecule has 26 heavy (non-hydrogen) atoms.